The molecule has 0 aliphatic heterocycles. The highest BCUT2D eigenvalue weighted by molar-refractivity contribution is 9.10. The van der Waals surface area contributed by atoms with Gasteiger partial charge in [-0.15, -0.1) is 0 Å². The molecule has 0 spiro atoms. The molecule has 0 fully saturated rings. The predicted octanol–water partition coefficient (Wildman–Crippen LogP) is 5.55. The molecule has 0 radical (unpaired) electrons. The molecule has 0 amide bonds. The molecule has 2 N–H and O–H groups in total. The van der Waals surface area contributed by atoms with Gasteiger partial charge in [0.1, 0.15) is 0 Å². The lowest BCUT2D eigenvalue weighted by Gasteiger charge is -2.11. The molecule has 0 bridgehead atoms. The lowest BCUT2D eigenvalue weighted by molar-refractivity contribution is 0.104. The minimum absolute atomic E-state index is 0.142. The molecule has 0 aliphatic rings. The van der Waals surface area contributed by atoms with E-state index in [2.05, 4.69) is 20.9 Å². The first-order chi connectivity index (χ1) is 14.0. The molecule has 0 atom stereocenters. The lowest BCUT2D eigenvalue weighted by Crippen LogP contribution is -2.04. The van der Waals surface area contributed by atoms with Gasteiger partial charge in [-0.25, -0.2) is 0 Å². The number of H-pyrrole nitrogens is 1. The number of ketones is 1. The number of phenols is 1. The molecule has 0 saturated carbocycles. The van der Waals surface area contributed by atoms with Crippen LogP contribution in [-0.4, -0.2) is 30.1 Å². The highest BCUT2D eigenvalue weighted by atomic mass is 79.9. The van der Waals surface area contributed by atoms with E-state index < -0.39 is 0 Å². The van der Waals surface area contributed by atoms with Crippen molar-refractivity contribution in [1.82, 2.24) is 4.98 Å². The van der Waals surface area contributed by atoms with Crippen molar-refractivity contribution in [2.24, 2.45) is 0 Å². The van der Waals surface area contributed by atoms with E-state index in [0.29, 0.717) is 11.1 Å². The van der Waals surface area contributed by atoms with Gasteiger partial charge in [-0.05, 0) is 35.9 Å². The topological polar surface area (TPSA) is 71.6 Å². The molecule has 4 rings (SSSR count). The third-order valence-electron chi connectivity index (χ3n) is 4.79. The van der Waals surface area contributed by atoms with Crippen molar-refractivity contribution < 1.29 is 19.4 Å². The largest absolute Gasteiger partial charge is 0.502 e. The molecule has 4 aromatic rings. The van der Waals surface area contributed by atoms with E-state index >= 15 is 0 Å². The Bertz CT molecular complexity index is 1190. The maximum Gasteiger partial charge on any atom is 0.200 e. The van der Waals surface area contributed by atoms with Gasteiger partial charge in [0.2, 0.25) is 5.75 Å². The van der Waals surface area contributed by atoms with Gasteiger partial charge in [0, 0.05) is 20.9 Å². The number of nitrogens with one attached hydrogen (secondary N) is 1. The molecule has 0 aliphatic carbocycles. The van der Waals surface area contributed by atoms with Gasteiger partial charge < -0.3 is 19.6 Å². The lowest BCUT2D eigenvalue weighted by atomic mass is 9.96. The fourth-order valence-corrected chi connectivity index (χ4v) is 3.75. The first-order valence-corrected chi connectivity index (χ1v) is 9.69. The van der Waals surface area contributed by atoms with Crippen LogP contribution in [-0.2, 0) is 0 Å². The van der Waals surface area contributed by atoms with Crippen LogP contribution in [0.1, 0.15) is 15.9 Å². The van der Waals surface area contributed by atoms with Gasteiger partial charge in [0.15, 0.2) is 17.3 Å². The van der Waals surface area contributed by atoms with Gasteiger partial charge in [0.05, 0.1) is 25.5 Å². The van der Waals surface area contributed by atoms with Crippen LogP contribution in [0.15, 0.2) is 65.1 Å². The summed E-state index contributed by atoms with van der Waals surface area (Å²) in [4.78, 5) is 17.0. The van der Waals surface area contributed by atoms with Crippen LogP contribution < -0.4 is 9.47 Å². The number of carbonyl (C=O) groups excluding carboxylic acids is 1. The number of fused-ring (bicyclic) bond motifs is 1. The second-order valence-corrected chi connectivity index (χ2v) is 7.41. The number of aromatic nitrogens is 1. The molecule has 6 heteroatoms. The van der Waals surface area contributed by atoms with Crippen molar-refractivity contribution in [3.63, 3.8) is 0 Å². The Morgan fingerprint density at radius 2 is 1.62 bits per heavy atom. The van der Waals surface area contributed by atoms with Gasteiger partial charge in [-0.3, -0.25) is 4.79 Å². The van der Waals surface area contributed by atoms with Gasteiger partial charge >= 0.3 is 0 Å². The minimum atomic E-state index is -0.204. The Labute approximate surface area is 176 Å². The fraction of sp³-hybridized carbons (Fsp3) is 0.0870. The summed E-state index contributed by atoms with van der Waals surface area (Å²) in [5.41, 5.74) is 3.39. The summed E-state index contributed by atoms with van der Waals surface area (Å²) in [6.45, 7) is 0. The molecule has 146 valence electrons. The first-order valence-electron chi connectivity index (χ1n) is 8.89. The van der Waals surface area contributed by atoms with Crippen LogP contribution in [0.4, 0.5) is 0 Å². The van der Waals surface area contributed by atoms with Gasteiger partial charge in [-0.2, -0.15) is 0 Å². The molecule has 0 saturated heterocycles. The molecular formula is C23H18BrNO4. The highest BCUT2D eigenvalue weighted by Gasteiger charge is 2.23. The molecule has 29 heavy (non-hydrogen) atoms. The predicted molar refractivity (Wildman–Crippen MR) is 116 cm³/mol. The van der Waals surface area contributed by atoms with E-state index in [1.807, 2.05) is 48.5 Å². The number of rotatable bonds is 5. The standard InChI is InChI=1S/C23H18BrNO4/c1-28-18-10-14(11-19(29-2)23(18)27)22(26)20-16-12-15(24)8-9-17(16)25-21(20)13-6-4-3-5-7-13/h3-12,25,27H,1-2H3. The van der Waals surface area contributed by atoms with Crippen molar-refractivity contribution in [1.29, 1.82) is 0 Å². The van der Waals surface area contributed by atoms with E-state index in [1.54, 1.807) is 0 Å². The summed E-state index contributed by atoms with van der Waals surface area (Å²) in [5, 5.41) is 11.0. The smallest absolute Gasteiger partial charge is 0.200 e. The van der Waals surface area contributed by atoms with Crippen LogP contribution in [0.5, 0.6) is 17.2 Å². The van der Waals surface area contributed by atoms with E-state index in [4.69, 9.17) is 9.47 Å². The number of halogens is 1. The van der Waals surface area contributed by atoms with Crippen LogP contribution in [0, 0.1) is 0 Å². The Hall–Kier alpha value is -3.25. The second kappa shape index (κ2) is 7.64. The van der Waals surface area contributed by atoms with Gasteiger partial charge in [-0.1, -0.05) is 46.3 Å². The van der Waals surface area contributed by atoms with Crippen molar-refractivity contribution in [3.05, 3.63) is 76.3 Å². The van der Waals surface area contributed by atoms with Crippen LogP contribution in [0.2, 0.25) is 0 Å². The van der Waals surface area contributed by atoms with E-state index in [-0.39, 0.29) is 23.0 Å². The van der Waals surface area contributed by atoms with Crippen molar-refractivity contribution in [2.45, 2.75) is 0 Å². The van der Waals surface area contributed by atoms with Crippen LogP contribution in [0.3, 0.4) is 0 Å². The average Bonchev–Trinajstić information content (AvgIpc) is 3.12. The fourth-order valence-electron chi connectivity index (χ4n) is 3.39. The summed E-state index contributed by atoms with van der Waals surface area (Å²) >= 11 is 3.49. The number of phenolic OH excluding ortho intramolecular Hbond substituents is 1. The van der Waals surface area contributed by atoms with Crippen molar-refractivity contribution >= 4 is 32.6 Å². The monoisotopic (exact) mass is 451 g/mol. The molecular weight excluding hydrogens is 434 g/mol. The number of benzene rings is 3. The molecule has 3 aromatic carbocycles. The summed E-state index contributed by atoms with van der Waals surface area (Å²) in [6.07, 6.45) is 0. The molecule has 1 heterocycles. The number of hydrogen-bond donors (Lipinski definition) is 2. The average molecular weight is 452 g/mol. The van der Waals surface area contributed by atoms with E-state index in [1.165, 1.54) is 26.4 Å². The molecule has 0 unspecified atom stereocenters. The third kappa shape index (κ3) is 3.36. The second-order valence-electron chi connectivity index (χ2n) is 6.49. The highest BCUT2D eigenvalue weighted by Crippen LogP contribution is 2.39. The van der Waals surface area contributed by atoms with Crippen LogP contribution in [0.25, 0.3) is 22.2 Å². The summed E-state index contributed by atoms with van der Waals surface area (Å²) < 4.78 is 11.3. The van der Waals surface area contributed by atoms with E-state index in [0.717, 1.165) is 26.6 Å². The van der Waals surface area contributed by atoms with Crippen molar-refractivity contribution in [2.75, 3.05) is 14.2 Å². The zero-order chi connectivity index (χ0) is 20.5. The van der Waals surface area contributed by atoms with Crippen molar-refractivity contribution in [3.8, 4) is 28.5 Å². The number of methoxy groups -OCH3 is 2. The zero-order valence-corrected chi connectivity index (χ0v) is 17.4. The SMILES string of the molecule is COc1cc(C(=O)c2c(-c3ccccc3)[nH]c3ccc(Br)cc23)cc(OC)c1O. The number of ether oxygens (including phenoxy) is 2. The normalized spacial score (nSPS) is 10.9. The molecule has 5 nitrogen and oxygen atoms in total. The first kappa shape index (κ1) is 19.1. The quantitative estimate of drug-likeness (QED) is 0.390. The zero-order valence-electron chi connectivity index (χ0n) is 15.8. The summed E-state index contributed by atoms with van der Waals surface area (Å²) in [7, 11) is 2.86. The van der Waals surface area contributed by atoms with Crippen LogP contribution >= 0.6 is 15.9 Å². The minimum Gasteiger partial charge on any atom is -0.502 e. The Morgan fingerprint density at radius 3 is 2.24 bits per heavy atom. The Balaban J connectivity index is 1.98. The number of hydrogen-bond acceptors (Lipinski definition) is 4. The Morgan fingerprint density at radius 1 is 0.966 bits per heavy atom. The number of carbonyl (C=O) groups is 1. The maximum atomic E-state index is 13.6. The summed E-state index contributed by atoms with van der Waals surface area (Å²) in [6, 6.07) is 18.5. The third-order valence-corrected chi connectivity index (χ3v) is 5.29. The summed E-state index contributed by atoms with van der Waals surface area (Å²) in [5.74, 6) is 0.00581. The molecule has 1 aromatic heterocycles. The van der Waals surface area contributed by atoms with E-state index in [9.17, 15) is 9.90 Å². The maximum absolute atomic E-state index is 13.6. The number of aromatic hydroxyl groups is 1. The number of aromatic amines is 1. The Kier molecular flexibility index (Phi) is 5.03. The van der Waals surface area contributed by atoms with Gasteiger partial charge in [0.25, 0.3) is 0 Å².